The van der Waals surface area contributed by atoms with E-state index in [-0.39, 0.29) is 24.6 Å². The van der Waals surface area contributed by atoms with Gasteiger partial charge in [-0.1, -0.05) is 12.1 Å². The van der Waals surface area contributed by atoms with Crippen molar-refractivity contribution in [2.24, 2.45) is 4.99 Å². The van der Waals surface area contributed by atoms with Crippen LogP contribution in [0.3, 0.4) is 0 Å². The van der Waals surface area contributed by atoms with Gasteiger partial charge in [0.25, 0.3) is 5.91 Å². The lowest BCUT2D eigenvalue weighted by Gasteiger charge is -2.32. The van der Waals surface area contributed by atoms with Gasteiger partial charge in [0.2, 0.25) is 0 Å². The standard InChI is InChI=1S/C22H28N4O3/c1-14-5-4-6-19-20(14)17(7-10-29-19)24-18-11-16(22(28)25(3)8-9-27)13-26-12-15(2)23-21(18)26/h4-6,11,13,15,17,24,27H,7-10,12H2,1-3H3. The van der Waals surface area contributed by atoms with Gasteiger partial charge in [0.05, 0.1) is 36.6 Å². The molecule has 0 fully saturated rings. The zero-order valence-corrected chi connectivity index (χ0v) is 17.2. The second kappa shape index (κ2) is 7.91. The van der Waals surface area contributed by atoms with E-state index in [1.54, 1.807) is 7.05 Å². The molecule has 0 bridgehead atoms. The van der Waals surface area contributed by atoms with Gasteiger partial charge in [-0.2, -0.15) is 0 Å². The summed E-state index contributed by atoms with van der Waals surface area (Å²) in [6.07, 6.45) is 4.60. The molecule has 1 aromatic carbocycles. The Morgan fingerprint density at radius 2 is 2.28 bits per heavy atom. The molecule has 0 spiro atoms. The summed E-state index contributed by atoms with van der Waals surface area (Å²) in [6.45, 7) is 5.81. The zero-order valence-electron chi connectivity index (χ0n) is 17.2. The van der Waals surface area contributed by atoms with E-state index in [0.29, 0.717) is 18.7 Å². The van der Waals surface area contributed by atoms with E-state index in [1.165, 1.54) is 10.5 Å². The first-order chi connectivity index (χ1) is 14.0. The number of carbonyl (C=O) groups excluding carboxylic acids is 1. The van der Waals surface area contributed by atoms with Gasteiger partial charge in [-0.05, 0) is 31.6 Å². The summed E-state index contributed by atoms with van der Waals surface area (Å²) in [5, 5.41) is 12.8. The van der Waals surface area contributed by atoms with E-state index in [9.17, 15) is 9.90 Å². The molecule has 2 unspecified atom stereocenters. The molecule has 3 heterocycles. The van der Waals surface area contributed by atoms with E-state index in [0.717, 1.165) is 35.8 Å². The van der Waals surface area contributed by atoms with Crippen LogP contribution in [-0.4, -0.2) is 66.0 Å². The smallest absolute Gasteiger partial charge is 0.255 e. The molecule has 0 saturated heterocycles. The van der Waals surface area contributed by atoms with Crippen molar-refractivity contribution in [3.63, 3.8) is 0 Å². The Morgan fingerprint density at radius 3 is 3.07 bits per heavy atom. The number of fused-ring (bicyclic) bond motifs is 2. The summed E-state index contributed by atoms with van der Waals surface area (Å²) < 4.78 is 5.85. The van der Waals surface area contributed by atoms with Crippen LogP contribution in [0, 0.1) is 6.92 Å². The number of aliphatic hydroxyl groups excluding tert-OH is 1. The monoisotopic (exact) mass is 396 g/mol. The minimum Gasteiger partial charge on any atom is -0.493 e. The van der Waals surface area contributed by atoms with E-state index >= 15 is 0 Å². The number of hydrogen-bond donors (Lipinski definition) is 2. The Morgan fingerprint density at radius 1 is 1.45 bits per heavy atom. The number of nitrogens with zero attached hydrogens (tertiary/aromatic N) is 3. The normalized spacial score (nSPS) is 22.6. The fraction of sp³-hybridized carbons (Fsp3) is 0.455. The number of carbonyl (C=O) groups is 1. The highest BCUT2D eigenvalue weighted by atomic mass is 16.5. The number of likely N-dealkylation sites (N-methyl/N-ethyl adjacent to an activating group) is 1. The molecular formula is C22H28N4O3. The van der Waals surface area contributed by atoms with E-state index < -0.39 is 0 Å². The number of aliphatic hydroxyl groups is 1. The van der Waals surface area contributed by atoms with Crippen LogP contribution < -0.4 is 10.1 Å². The molecular weight excluding hydrogens is 368 g/mol. The zero-order chi connectivity index (χ0) is 20.5. The Bertz CT molecular complexity index is 905. The predicted octanol–water partition coefficient (Wildman–Crippen LogP) is 1.74. The van der Waals surface area contributed by atoms with E-state index in [1.807, 2.05) is 29.3 Å². The van der Waals surface area contributed by atoms with Crippen molar-refractivity contribution in [2.45, 2.75) is 32.4 Å². The van der Waals surface area contributed by atoms with Gasteiger partial charge in [0.15, 0.2) is 5.84 Å². The van der Waals surface area contributed by atoms with Crippen molar-refractivity contribution in [3.8, 4) is 5.75 Å². The molecule has 1 amide bonds. The maximum absolute atomic E-state index is 12.8. The van der Waals surface area contributed by atoms with E-state index in [4.69, 9.17) is 9.73 Å². The molecule has 29 heavy (non-hydrogen) atoms. The van der Waals surface area contributed by atoms with Crippen LogP contribution >= 0.6 is 0 Å². The van der Waals surface area contributed by atoms with Gasteiger partial charge in [-0.25, -0.2) is 0 Å². The second-order valence-corrected chi connectivity index (χ2v) is 7.87. The molecule has 154 valence electrons. The number of aryl methyl sites for hydroxylation is 1. The third kappa shape index (κ3) is 3.74. The lowest BCUT2D eigenvalue weighted by molar-refractivity contribution is -0.126. The highest BCUT2D eigenvalue weighted by Crippen LogP contribution is 2.36. The average molecular weight is 396 g/mol. The fourth-order valence-electron chi connectivity index (χ4n) is 4.14. The van der Waals surface area contributed by atoms with Gasteiger partial charge >= 0.3 is 0 Å². The predicted molar refractivity (Wildman–Crippen MR) is 112 cm³/mol. The highest BCUT2D eigenvalue weighted by Gasteiger charge is 2.32. The summed E-state index contributed by atoms with van der Waals surface area (Å²) in [5.41, 5.74) is 3.80. The van der Waals surface area contributed by atoms with Crippen LogP contribution in [0.2, 0.25) is 0 Å². The molecule has 0 aliphatic carbocycles. The summed E-state index contributed by atoms with van der Waals surface area (Å²) in [7, 11) is 1.70. The summed E-state index contributed by atoms with van der Waals surface area (Å²) in [4.78, 5) is 21.2. The number of aliphatic imine (C=N–C) groups is 1. The van der Waals surface area contributed by atoms with Gasteiger partial charge < -0.3 is 25.0 Å². The lowest BCUT2D eigenvalue weighted by Crippen LogP contribution is -2.39. The van der Waals surface area contributed by atoms with Gasteiger partial charge in [0.1, 0.15) is 5.75 Å². The first-order valence-corrected chi connectivity index (χ1v) is 10.1. The molecule has 0 radical (unpaired) electrons. The molecule has 2 N–H and O–H groups in total. The summed E-state index contributed by atoms with van der Waals surface area (Å²) in [5.74, 6) is 1.68. The van der Waals surface area contributed by atoms with Crippen molar-refractivity contribution in [2.75, 3.05) is 33.4 Å². The topological polar surface area (TPSA) is 77.4 Å². The molecule has 2 atom stereocenters. The summed E-state index contributed by atoms with van der Waals surface area (Å²) in [6, 6.07) is 6.37. The molecule has 4 rings (SSSR count). The minimum atomic E-state index is -0.111. The van der Waals surface area contributed by atoms with Gasteiger partial charge in [-0.15, -0.1) is 0 Å². The van der Waals surface area contributed by atoms with E-state index in [2.05, 4.69) is 25.2 Å². The quantitative estimate of drug-likeness (QED) is 0.793. The minimum absolute atomic E-state index is 0.0596. The van der Waals surface area contributed by atoms with Crippen LogP contribution in [0.1, 0.15) is 30.5 Å². The van der Waals surface area contributed by atoms with Gasteiger partial charge in [-0.3, -0.25) is 9.79 Å². The van der Waals surface area contributed by atoms with Crippen molar-refractivity contribution < 1.29 is 14.6 Å². The number of rotatable bonds is 5. The second-order valence-electron chi connectivity index (χ2n) is 7.87. The highest BCUT2D eigenvalue weighted by molar-refractivity contribution is 6.06. The lowest BCUT2D eigenvalue weighted by atomic mass is 9.95. The van der Waals surface area contributed by atoms with Crippen molar-refractivity contribution in [3.05, 3.63) is 52.9 Å². The SMILES string of the molecule is Cc1cccc2c1C(NC1=CC(C(=O)N(C)CCO)=CN3CC(C)N=C13)CCO2. The first kappa shape index (κ1) is 19.5. The van der Waals surface area contributed by atoms with Crippen molar-refractivity contribution >= 4 is 11.7 Å². The third-order valence-corrected chi connectivity index (χ3v) is 5.57. The molecule has 1 aromatic rings. The summed E-state index contributed by atoms with van der Waals surface area (Å²) >= 11 is 0. The number of hydrogen-bond acceptors (Lipinski definition) is 6. The number of amidine groups is 1. The van der Waals surface area contributed by atoms with Crippen LogP contribution in [0.5, 0.6) is 5.75 Å². The van der Waals surface area contributed by atoms with Crippen molar-refractivity contribution in [1.29, 1.82) is 0 Å². The Labute approximate surface area is 171 Å². The van der Waals surface area contributed by atoms with Crippen LogP contribution in [0.4, 0.5) is 0 Å². The Kier molecular flexibility index (Phi) is 5.32. The fourth-order valence-corrected chi connectivity index (χ4v) is 4.14. The molecule has 0 saturated carbocycles. The van der Waals surface area contributed by atoms with Crippen molar-refractivity contribution in [1.82, 2.24) is 15.1 Å². The molecule has 7 heteroatoms. The van der Waals surface area contributed by atoms with Gasteiger partial charge in [0, 0.05) is 38.3 Å². The molecule has 0 aromatic heterocycles. The molecule has 7 nitrogen and oxygen atoms in total. The molecule has 3 aliphatic rings. The Hall–Kier alpha value is -2.80. The average Bonchev–Trinajstić information content (AvgIpc) is 3.08. The molecule has 3 aliphatic heterocycles. The Balaban J connectivity index is 1.66. The first-order valence-electron chi connectivity index (χ1n) is 10.1. The van der Waals surface area contributed by atoms with Crippen LogP contribution in [0.25, 0.3) is 0 Å². The van der Waals surface area contributed by atoms with Crippen LogP contribution in [0.15, 0.2) is 46.7 Å². The maximum atomic E-state index is 12.8. The number of amides is 1. The number of nitrogens with one attached hydrogen (secondary N) is 1. The third-order valence-electron chi connectivity index (χ3n) is 5.57. The number of ether oxygens (including phenoxy) is 1. The largest absolute Gasteiger partial charge is 0.493 e. The van der Waals surface area contributed by atoms with Crippen LogP contribution in [-0.2, 0) is 4.79 Å². The number of benzene rings is 1. The maximum Gasteiger partial charge on any atom is 0.255 e.